The van der Waals surface area contributed by atoms with Crippen LogP contribution < -0.4 is 10.6 Å². The molecule has 2 fully saturated rings. The Hall–Kier alpha value is -0.630. The van der Waals surface area contributed by atoms with Crippen LogP contribution in [-0.2, 0) is 0 Å². The van der Waals surface area contributed by atoms with Gasteiger partial charge in [-0.2, -0.15) is 5.26 Å². The van der Waals surface area contributed by atoms with E-state index in [2.05, 4.69) is 21.6 Å². The second-order valence-electron chi connectivity index (χ2n) is 4.51. The van der Waals surface area contributed by atoms with Gasteiger partial charge in [0.25, 0.3) is 0 Å². The van der Waals surface area contributed by atoms with Crippen molar-refractivity contribution in [3.05, 3.63) is 0 Å². The molecule has 0 bridgehead atoms. The van der Waals surface area contributed by atoms with Gasteiger partial charge in [0.2, 0.25) is 0 Å². The van der Waals surface area contributed by atoms with Gasteiger partial charge in [-0.3, -0.25) is 4.90 Å². The quantitative estimate of drug-likeness (QED) is 0.633. The molecule has 1 atom stereocenters. The summed E-state index contributed by atoms with van der Waals surface area (Å²) in [6.07, 6.45) is 3.30. The number of hydrogen-bond acceptors (Lipinski definition) is 4. The van der Waals surface area contributed by atoms with Gasteiger partial charge in [-0.25, -0.2) is 0 Å². The average molecular weight is 208 g/mol. The van der Waals surface area contributed by atoms with Crippen LogP contribution in [0.5, 0.6) is 0 Å². The third-order valence-electron chi connectivity index (χ3n) is 3.51. The molecule has 0 aromatic heterocycles. The smallest absolute Gasteiger partial charge is 0.121 e. The van der Waals surface area contributed by atoms with Crippen LogP contribution >= 0.6 is 0 Å². The molecule has 2 rings (SSSR count). The van der Waals surface area contributed by atoms with Crippen LogP contribution in [0.25, 0.3) is 0 Å². The van der Waals surface area contributed by atoms with Crippen LogP contribution in [0.3, 0.4) is 0 Å². The van der Waals surface area contributed by atoms with Crippen molar-refractivity contribution < 1.29 is 0 Å². The molecule has 0 spiro atoms. The standard InChI is InChI=1S/C11H20N4/c12-9-11(3-1-4-14-10-11)15-7-2-5-13-6-8-15/h13-14H,1-8,10H2. The van der Waals surface area contributed by atoms with Gasteiger partial charge >= 0.3 is 0 Å². The van der Waals surface area contributed by atoms with Crippen LogP contribution in [0, 0.1) is 11.3 Å². The minimum Gasteiger partial charge on any atom is -0.315 e. The molecule has 0 saturated carbocycles. The van der Waals surface area contributed by atoms with E-state index in [1.54, 1.807) is 0 Å². The second-order valence-corrected chi connectivity index (χ2v) is 4.51. The third kappa shape index (κ3) is 2.31. The van der Waals surface area contributed by atoms with E-state index in [-0.39, 0.29) is 5.54 Å². The monoisotopic (exact) mass is 208 g/mol. The molecule has 2 heterocycles. The molecule has 4 nitrogen and oxygen atoms in total. The molecule has 15 heavy (non-hydrogen) atoms. The first kappa shape index (κ1) is 10.9. The van der Waals surface area contributed by atoms with E-state index in [0.29, 0.717) is 0 Å². The highest BCUT2D eigenvalue weighted by Gasteiger charge is 2.38. The zero-order valence-electron chi connectivity index (χ0n) is 9.26. The summed E-state index contributed by atoms with van der Waals surface area (Å²) in [5, 5.41) is 16.2. The van der Waals surface area contributed by atoms with E-state index < -0.39 is 0 Å². The maximum Gasteiger partial charge on any atom is 0.121 e. The Labute approximate surface area is 91.6 Å². The van der Waals surface area contributed by atoms with Crippen molar-refractivity contribution in [3.8, 4) is 6.07 Å². The molecule has 2 aliphatic heterocycles. The molecule has 0 aromatic carbocycles. The van der Waals surface area contributed by atoms with Crippen LogP contribution in [0.4, 0.5) is 0 Å². The third-order valence-corrected chi connectivity index (χ3v) is 3.51. The first-order valence-corrected chi connectivity index (χ1v) is 5.95. The van der Waals surface area contributed by atoms with E-state index in [1.807, 2.05) is 0 Å². The van der Waals surface area contributed by atoms with E-state index >= 15 is 0 Å². The first-order valence-electron chi connectivity index (χ1n) is 5.95. The first-order chi connectivity index (χ1) is 7.37. The number of hydrogen-bond donors (Lipinski definition) is 2. The fraction of sp³-hybridized carbons (Fsp3) is 0.909. The minimum absolute atomic E-state index is 0.232. The highest BCUT2D eigenvalue weighted by Crippen LogP contribution is 2.23. The average Bonchev–Trinajstić information content (AvgIpc) is 2.59. The maximum atomic E-state index is 9.43. The van der Waals surface area contributed by atoms with Gasteiger partial charge in [-0.15, -0.1) is 0 Å². The van der Waals surface area contributed by atoms with Crippen molar-refractivity contribution in [2.45, 2.75) is 24.8 Å². The number of nitrogens with zero attached hydrogens (tertiary/aromatic N) is 2. The van der Waals surface area contributed by atoms with Gasteiger partial charge in [-0.1, -0.05) is 0 Å². The van der Waals surface area contributed by atoms with Gasteiger partial charge in [0.1, 0.15) is 5.54 Å². The molecule has 0 aromatic rings. The molecule has 1 unspecified atom stereocenters. The Morgan fingerprint density at radius 2 is 1.93 bits per heavy atom. The summed E-state index contributed by atoms with van der Waals surface area (Å²) < 4.78 is 0. The van der Waals surface area contributed by atoms with Crippen LogP contribution in [0.2, 0.25) is 0 Å². The zero-order valence-corrected chi connectivity index (χ0v) is 9.26. The maximum absolute atomic E-state index is 9.43. The Morgan fingerprint density at radius 3 is 2.67 bits per heavy atom. The summed E-state index contributed by atoms with van der Waals surface area (Å²) in [6.45, 7) is 6.07. The lowest BCUT2D eigenvalue weighted by atomic mass is 9.89. The molecule has 84 valence electrons. The van der Waals surface area contributed by atoms with Gasteiger partial charge in [0.05, 0.1) is 6.07 Å². The Morgan fingerprint density at radius 1 is 1.07 bits per heavy atom. The van der Waals surface area contributed by atoms with Crippen molar-refractivity contribution >= 4 is 0 Å². The van der Waals surface area contributed by atoms with E-state index in [9.17, 15) is 5.26 Å². The van der Waals surface area contributed by atoms with Gasteiger partial charge in [-0.05, 0) is 32.4 Å². The zero-order chi connectivity index (χ0) is 10.6. The summed E-state index contributed by atoms with van der Waals surface area (Å²) in [6, 6.07) is 2.55. The Bertz CT molecular complexity index is 231. The molecule has 0 radical (unpaired) electrons. The van der Waals surface area contributed by atoms with Crippen LogP contribution in [0.15, 0.2) is 0 Å². The molecule has 0 amide bonds. The Kier molecular flexibility index (Phi) is 3.57. The summed E-state index contributed by atoms with van der Waals surface area (Å²) in [5.74, 6) is 0. The summed E-state index contributed by atoms with van der Waals surface area (Å²) in [4.78, 5) is 2.37. The molecule has 4 heteroatoms. The minimum atomic E-state index is -0.232. The predicted octanol–water partition coefficient (Wildman–Crippen LogP) is -0.0725. The lowest BCUT2D eigenvalue weighted by molar-refractivity contribution is 0.117. The van der Waals surface area contributed by atoms with Crippen molar-refractivity contribution in [1.82, 2.24) is 15.5 Å². The van der Waals surface area contributed by atoms with E-state index in [4.69, 9.17) is 0 Å². The number of piperidine rings is 1. The molecule has 2 N–H and O–H groups in total. The number of rotatable bonds is 1. The fourth-order valence-corrected chi connectivity index (χ4v) is 2.60. The second kappa shape index (κ2) is 4.93. The summed E-state index contributed by atoms with van der Waals surface area (Å²) >= 11 is 0. The summed E-state index contributed by atoms with van der Waals surface area (Å²) in [5.41, 5.74) is -0.232. The molecule has 2 aliphatic rings. The molecular formula is C11H20N4. The van der Waals surface area contributed by atoms with Gasteiger partial charge < -0.3 is 10.6 Å². The summed E-state index contributed by atoms with van der Waals surface area (Å²) in [7, 11) is 0. The molecule has 2 saturated heterocycles. The molecule has 0 aliphatic carbocycles. The molecular weight excluding hydrogens is 188 g/mol. The number of nitrogens with one attached hydrogen (secondary N) is 2. The Balaban J connectivity index is 2.06. The largest absolute Gasteiger partial charge is 0.315 e. The van der Waals surface area contributed by atoms with Crippen molar-refractivity contribution in [1.29, 1.82) is 5.26 Å². The fourth-order valence-electron chi connectivity index (χ4n) is 2.60. The van der Waals surface area contributed by atoms with Crippen molar-refractivity contribution in [2.75, 3.05) is 39.3 Å². The van der Waals surface area contributed by atoms with E-state index in [0.717, 1.165) is 58.5 Å². The highest BCUT2D eigenvalue weighted by atomic mass is 15.2. The topological polar surface area (TPSA) is 51.1 Å². The van der Waals surface area contributed by atoms with Gasteiger partial charge in [0, 0.05) is 26.2 Å². The lowest BCUT2D eigenvalue weighted by Gasteiger charge is -2.41. The normalized spacial score (nSPS) is 34.3. The van der Waals surface area contributed by atoms with Crippen molar-refractivity contribution in [2.24, 2.45) is 0 Å². The lowest BCUT2D eigenvalue weighted by Crippen LogP contribution is -2.57. The predicted molar refractivity (Wildman–Crippen MR) is 59.5 cm³/mol. The van der Waals surface area contributed by atoms with Crippen molar-refractivity contribution in [3.63, 3.8) is 0 Å². The van der Waals surface area contributed by atoms with Crippen LogP contribution in [-0.4, -0.2) is 49.7 Å². The van der Waals surface area contributed by atoms with E-state index in [1.165, 1.54) is 0 Å². The van der Waals surface area contributed by atoms with Gasteiger partial charge in [0.15, 0.2) is 0 Å². The SMILES string of the molecule is N#CC1(N2CCCNCC2)CCCNC1. The number of nitriles is 1. The van der Waals surface area contributed by atoms with Crippen LogP contribution in [0.1, 0.15) is 19.3 Å². The highest BCUT2D eigenvalue weighted by molar-refractivity contribution is 5.11.